The second-order valence-corrected chi connectivity index (χ2v) is 7.39. The number of allylic oxidation sites excluding steroid dienone is 2. The Morgan fingerprint density at radius 2 is 2.33 bits per heavy atom. The lowest BCUT2D eigenvalue weighted by molar-refractivity contribution is -0.137. The number of thiazole rings is 1. The molecule has 1 fully saturated rings. The van der Waals surface area contributed by atoms with Crippen molar-refractivity contribution in [3.8, 4) is 0 Å². The van der Waals surface area contributed by atoms with Crippen LogP contribution in [-0.2, 0) is 11.2 Å². The molecule has 1 saturated heterocycles. The fourth-order valence-electron chi connectivity index (χ4n) is 2.92. The monoisotopic (exact) mass is 306 g/mol. The summed E-state index contributed by atoms with van der Waals surface area (Å²) >= 11 is 1.62. The summed E-state index contributed by atoms with van der Waals surface area (Å²) in [7, 11) is 0. The zero-order valence-electron chi connectivity index (χ0n) is 13.4. The molecule has 3 nitrogen and oxygen atoms in total. The van der Waals surface area contributed by atoms with Crippen LogP contribution in [0.3, 0.4) is 0 Å². The first-order valence-electron chi connectivity index (χ1n) is 7.77. The van der Waals surface area contributed by atoms with Crippen molar-refractivity contribution in [1.29, 1.82) is 0 Å². The maximum absolute atomic E-state index is 12.1. The quantitative estimate of drug-likeness (QED) is 0.743. The summed E-state index contributed by atoms with van der Waals surface area (Å²) in [6.07, 6.45) is 7.18. The Bertz CT molecular complexity index is 491. The van der Waals surface area contributed by atoms with Gasteiger partial charge in [-0.05, 0) is 38.5 Å². The van der Waals surface area contributed by atoms with Crippen molar-refractivity contribution in [2.75, 3.05) is 13.1 Å². The van der Waals surface area contributed by atoms with Crippen LogP contribution in [0.4, 0.5) is 0 Å². The molecule has 1 unspecified atom stereocenters. The van der Waals surface area contributed by atoms with E-state index < -0.39 is 0 Å². The summed E-state index contributed by atoms with van der Waals surface area (Å²) in [6.45, 7) is 8.32. The van der Waals surface area contributed by atoms with Gasteiger partial charge in [0, 0.05) is 31.3 Å². The van der Waals surface area contributed by atoms with Gasteiger partial charge in [0.05, 0.1) is 11.2 Å². The van der Waals surface area contributed by atoms with E-state index in [1.807, 2.05) is 10.4 Å². The number of amides is 1. The summed E-state index contributed by atoms with van der Waals surface area (Å²) in [5.74, 6) is 0.310. The van der Waals surface area contributed by atoms with Crippen LogP contribution >= 0.6 is 11.3 Å². The molecule has 116 valence electrons. The first-order chi connectivity index (χ1) is 9.98. The van der Waals surface area contributed by atoms with Gasteiger partial charge in [-0.2, -0.15) is 0 Å². The molecule has 1 amide bonds. The van der Waals surface area contributed by atoms with Crippen LogP contribution in [0.25, 0.3) is 0 Å². The van der Waals surface area contributed by atoms with Crippen molar-refractivity contribution in [2.24, 2.45) is 5.41 Å². The molecule has 0 N–H and O–H groups in total. The number of aromatic nitrogens is 1. The second kappa shape index (κ2) is 7.21. The molecule has 1 aliphatic heterocycles. The van der Waals surface area contributed by atoms with Crippen molar-refractivity contribution in [3.05, 3.63) is 28.2 Å². The Morgan fingerprint density at radius 3 is 3.00 bits per heavy atom. The van der Waals surface area contributed by atoms with Gasteiger partial charge < -0.3 is 4.90 Å². The Hall–Kier alpha value is -1.16. The van der Waals surface area contributed by atoms with Gasteiger partial charge in [0.15, 0.2) is 0 Å². The highest BCUT2D eigenvalue weighted by atomic mass is 32.1. The number of carbonyl (C=O) groups excluding carboxylic acids is 1. The van der Waals surface area contributed by atoms with Gasteiger partial charge in [0.2, 0.25) is 5.91 Å². The lowest BCUT2D eigenvalue weighted by Gasteiger charge is -2.40. The molecular weight excluding hydrogens is 280 g/mol. The average molecular weight is 306 g/mol. The molecule has 0 spiro atoms. The molecule has 1 aromatic rings. The van der Waals surface area contributed by atoms with Crippen LogP contribution in [0.15, 0.2) is 22.5 Å². The smallest absolute Gasteiger partial charge is 0.222 e. The van der Waals surface area contributed by atoms with Crippen LogP contribution in [-0.4, -0.2) is 28.9 Å². The van der Waals surface area contributed by atoms with E-state index in [9.17, 15) is 4.79 Å². The molecule has 1 aliphatic rings. The molecule has 0 bridgehead atoms. The summed E-state index contributed by atoms with van der Waals surface area (Å²) < 4.78 is 0. The Labute approximate surface area is 132 Å². The van der Waals surface area contributed by atoms with E-state index in [0.717, 1.165) is 38.0 Å². The van der Waals surface area contributed by atoms with E-state index in [1.54, 1.807) is 11.3 Å². The fraction of sp³-hybridized carbons (Fsp3) is 0.647. The minimum atomic E-state index is 0.266. The third-order valence-electron chi connectivity index (χ3n) is 4.29. The van der Waals surface area contributed by atoms with Gasteiger partial charge in [-0.25, -0.2) is 4.98 Å². The molecule has 21 heavy (non-hydrogen) atoms. The van der Waals surface area contributed by atoms with E-state index in [1.165, 1.54) is 12.0 Å². The minimum absolute atomic E-state index is 0.266. The largest absolute Gasteiger partial charge is 0.342 e. The highest BCUT2D eigenvalue weighted by molar-refractivity contribution is 7.07. The number of hydrogen-bond acceptors (Lipinski definition) is 3. The molecular formula is C17H26N2OS. The number of rotatable bonds is 6. The van der Waals surface area contributed by atoms with Gasteiger partial charge in [-0.1, -0.05) is 18.6 Å². The second-order valence-electron chi connectivity index (χ2n) is 6.68. The maximum Gasteiger partial charge on any atom is 0.222 e. The fourth-order valence-corrected chi connectivity index (χ4v) is 3.52. The molecule has 0 radical (unpaired) electrons. The van der Waals surface area contributed by atoms with E-state index in [2.05, 4.69) is 37.2 Å². The Balaban J connectivity index is 1.88. The van der Waals surface area contributed by atoms with Crippen molar-refractivity contribution in [1.82, 2.24) is 9.88 Å². The lowest BCUT2D eigenvalue weighted by atomic mass is 9.77. The zero-order valence-corrected chi connectivity index (χ0v) is 14.2. The first-order valence-corrected chi connectivity index (χ1v) is 8.71. The van der Waals surface area contributed by atoms with E-state index in [0.29, 0.717) is 12.3 Å². The molecule has 1 atom stereocenters. The average Bonchev–Trinajstić information content (AvgIpc) is 2.93. The molecule has 0 aliphatic carbocycles. The highest BCUT2D eigenvalue weighted by Gasteiger charge is 2.34. The van der Waals surface area contributed by atoms with Gasteiger partial charge in [-0.15, -0.1) is 11.3 Å². The zero-order chi connectivity index (χ0) is 15.3. The molecule has 1 aromatic heterocycles. The standard InChI is InChI=1S/C17H26N2OS/c1-14(2)5-4-8-17(3)9-6-16(20)19(12-17)10-7-15-11-21-13-18-15/h5,11,13H,4,6-10,12H2,1-3H3. The predicted octanol–water partition coefficient (Wildman–Crippen LogP) is 4.06. The van der Waals surface area contributed by atoms with Crippen LogP contribution in [0, 0.1) is 5.41 Å². The summed E-state index contributed by atoms with van der Waals surface area (Å²) in [6, 6.07) is 0. The van der Waals surface area contributed by atoms with Gasteiger partial charge in [-0.3, -0.25) is 4.79 Å². The van der Waals surface area contributed by atoms with Crippen LogP contribution < -0.4 is 0 Å². The number of carbonyl (C=O) groups is 1. The Morgan fingerprint density at radius 1 is 1.52 bits per heavy atom. The molecule has 4 heteroatoms. The first kappa shape index (κ1) is 16.2. The van der Waals surface area contributed by atoms with Crippen LogP contribution in [0.2, 0.25) is 0 Å². The van der Waals surface area contributed by atoms with Gasteiger partial charge in [0.1, 0.15) is 0 Å². The molecule has 0 saturated carbocycles. The van der Waals surface area contributed by atoms with Crippen LogP contribution in [0.5, 0.6) is 0 Å². The highest BCUT2D eigenvalue weighted by Crippen LogP contribution is 2.34. The number of likely N-dealkylation sites (tertiary alicyclic amines) is 1. The maximum atomic E-state index is 12.1. The molecule has 2 heterocycles. The summed E-state index contributed by atoms with van der Waals surface area (Å²) in [5, 5.41) is 2.07. The number of nitrogens with zero attached hydrogens (tertiary/aromatic N) is 2. The number of hydrogen-bond donors (Lipinski definition) is 0. The van der Waals surface area contributed by atoms with Gasteiger partial charge >= 0.3 is 0 Å². The topological polar surface area (TPSA) is 33.2 Å². The molecule has 0 aromatic carbocycles. The van der Waals surface area contributed by atoms with Crippen molar-refractivity contribution in [3.63, 3.8) is 0 Å². The third kappa shape index (κ3) is 4.95. The predicted molar refractivity (Wildman–Crippen MR) is 88.4 cm³/mol. The number of piperidine rings is 1. The van der Waals surface area contributed by atoms with E-state index in [-0.39, 0.29) is 5.41 Å². The van der Waals surface area contributed by atoms with E-state index >= 15 is 0 Å². The SMILES string of the molecule is CC(C)=CCCC1(C)CCC(=O)N(CCc2cscn2)C1. The van der Waals surface area contributed by atoms with Crippen molar-refractivity contribution < 1.29 is 4.79 Å². The normalized spacial score (nSPS) is 22.4. The van der Waals surface area contributed by atoms with Crippen molar-refractivity contribution >= 4 is 17.2 Å². The Kier molecular flexibility index (Phi) is 5.57. The lowest BCUT2D eigenvalue weighted by Crippen LogP contribution is -2.46. The van der Waals surface area contributed by atoms with Crippen molar-refractivity contribution in [2.45, 2.75) is 52.9 Å². The summed E-state index contributed by atoms with van der Waals surface area (Å²) in [4.78, 5) is 18.5. The van der Waals surface area contributed by atoms with Crippen LogP contribution in [0.1, 0.15) is 52.1 Å². The molecule has 2 rings (SSSR count). The van der Waals surface area contributed by atoms with Gasteiger partial charge in [0.25, 0.3) is 0 Å². The minimum Gasteiger partial charge on any atom is -0.342 e. The summed E-state index contributed by atoms with van der Waals surface area (Å²) in [5.41, 5.74) is 4.61. The third-order valence-corrected chi connectivity index (χ3v) is 4.92. The van der Waals surface area contributed by atoms with E-state index in [4.69, 9.17) is 0 Å².